The Kier molecular flexibility index (Phi) is 5.84. The van der Waals surface area contributed by atoms with E-state index in [0.29, 0.717) is 17.2 Å². The van der Waals surface area contributed by atoms with Gasteiger partial charge in [-0.2, -0.15) is 0 Å². The normalized spacial score (nSPS) is 10.6. The van der Waals surface area contributed by atoms with E-state index in [0.717, 1.165) is 11.4 Å². The first-order valence-corrected chi connectivity index (χ1v) is 9.18. The molecule has 0 saturated heterocycles. The molecule has 0 aliphatic carbocycles. The van der Waals surface area contributed by atoms with E-state index < -0.39 is 0 Å². The lowest BCUT2D eigenvalue weighted by atomic mass is 10.0. The number of nitrogens with zero attached hydrogens (tertiary/aromatic N) is 1. The van der Waals surface area contributed by atoms with Crippen molar-refractivity contribution < 1.29 is 9.59 Å². The average molecular weight is 373 g/mol. The molecule has 1 aromatic heterocycles. The van der Waals surface area contributed by atoms with E-state index in [9.17, 15) is 9.59 Å². The molecule has 3 rings (SSSR count). The molecular weight excluding hydrogens is 350 g/mol. The lowest BCUT2D eigenvalue weighted by Gasteiger charge is -2.10. The van der Waals surface area contributed by atoms with E-state index in [1.807, 2.05) is 18.2 Å². The number of hydrogen-bond acceptors (Lipinski definition) is 4. The van der Waals surface area contributed by atoms with Crippen LogP contribution in [0.4, 0.5) is 17.1 Å². The van der Waals surface area contributed by atoms with Crippen LogP contribution in [0.25, 0.3) is 0 Å². The summed E-state index contributed by atoms with van der Waals surface area (Å²) in [6, 6.07) is 18.6. The van der Waals surface area contributed by atoms with Crippen LogP contribution in [0.1, 0.15) is 53.1 Å². The zero-order chi connectivity index (χ0) is 20.1. The Bertz CT molecular complexity index is 995. The number of amides is 1. The summed E-state index contributed by atoms with van der Waals surface area (Å²) in [7, 11) is 0. The number of pyridine rings is 1. The van der Waals surface area contributed by atoms with Crippen LogP contribution in [0.5, 0.6) is 0 Å². The van der Waals surface area contributed by atoms with Gasteiger partial charge in [0.2, 0.25) is 0 Å². The lowest BCUT2D eigenvalue weighted by Crippen LogP contribution is -2.14. The molecule has 2 aromatic carbocycles. The van der Waals surface area contributed by atoms with Gasteiger partial charge in [0.1, 0.15) is 5.69 Å². The highest BCUT2D eigenvalue weighted by atomic mass is 16.2. The second-order valence-corrected chi connectivity index (χ2v) is 6.92. The molecule has 142 valence electrons. The maximum absolute atomic E-state index is 12.5. The molecule has 0 atom stereocenters. The second-order valence-electron chi connectivity index (χ2n) is 6.92. The minimum Gasteiger partial charge on any atom is -0.355 e. The molecule has 0 aliphatic heterocycles. The van der Waals surface area contributed by atoms with Gasteiger partial charge in [-0.1, -0.05) is 38.1 Å². The fourth-order valence-electron chi connectivity index (χ4n) is 2.76. The van der Waals surface area contributed by atoms with Gasteiger partial charge in [-0.05, 0) is 54.8 Å². The van der Waals surface area contributed by atoms with Crippen molar-refractivity contribution in [2.24, 2.45) is 0 Å². The van der Waals surface area contributed by atoms with Crippen LogP contribution < -0.4 is 10.6 Å². The van der Waals surface area contributed by atoms with Gasteiger partial charge in [0, 0.05) is 28.8 Å². The topological polar surface area (TPSA) is 71.1 Å². The lowest BCUT2D eigenvalue weighted by molar-refractivity contribution is 0.100. The maximum Gasteiger partial charge on any atom is 0.274 e. The quantitative estimate of drug-likeness (QED) is 0.567. The highest BCUT2D eigenvalue weighted by Crippen LogP contribution is 2.21. The summed E-state index contributed by atoms with van der Waals surface area (Å²) >= 11 is 0. The van der Waals surface area contributed by atoms with Crippen molar-refractivity contribution >= 4 is 28.8 Å². The molecule has 0 spiro atoms. The number of nitrogens with one attached hydrogen (secondary N) is 2. The minimum absolute atomic E-state index is 0.0519. The number of anilines is 3. The third-order valence-corrected chi connectivity index (χ3v) is 4.39. The van der Waals surface area contributed by atoms with E-state index >= 15 is 0 Å². The molecule has 5 heteroatoms. The monoisotopic (exact) mass is 373 g/mol. The fraction of sp³-hybridized carbons (Fsp3) is 0.174. The van der Waals surface area contributed by atoms with Crippen LogP contribution >= 0.6 is 0 Å². The molecule has 0 saturated carbocycles. The summed E-state index contributed by atoms with van der Waals surface area (Å²) in [5, 5.41) is 6.07. The standard InChI is InChI=1S/C23H23N3O2/c1-15(2)17-7-9-19(10-8-17)25-21-11-12-24-22(14-21)23(28)26-20-6-4-5-18(13-20)16(3)27/h4-15H,1-3H3,(H,24,25)(H,26,28). The Balaban J connectivity index is 1.72. The highest BCUT2D eigenvalue weighted by Gasteiger charge is 2.10. The fourth-order valence-corrected chi connectivity index (χ4v) is 2.76. The van der Waals surface area contributed by atoms with Crippen LogP contribution in [0.3, 0.4) is 0 Å². The number of carbonyl (C=O) groups excluding carboxylic acids is 2. The molecule has 28 heavy (non-hydrogen) atoms. The Morgan fingerprint density at radius 2 is 1.64 bits per heavy atom. The van der Waals surface area contributed by atoms with Gasteiger partial charge >= 0.3 is 0 Å². The number of rotatable bonds is 6. The van der Waals surface area contributed by atoms with Crippen LogP contribution in [-0.2, 0) is 0 Å². The van der Waals surface area contributed by atoms with Gasteiger partial charge in [0.05, 0.1) is 0 Å². The van der Waals surface area contributed by atoms with Crippen molar-refractivity contribution in [1.82, 2.24) is 4.98 Å². The SMILES string of the molecule is CC(=O)c1cccc(NC(=O)c2cc(Nc3ccc(C(C)C)cc3)ccn2)c1. The Morgan fingerprint density at radius 1 is 0.893 bits per heavy atom. The minimum atomic E-state index is -0.334. The first-order chi connectivity index (χ1) is 13.4. The van der Waals surface area contributed by atoms with Gasteiger partial charge in [0.25, 0.3) is 5.91 Å². The van der Waals surface area contributed by atoms with Crippen molar-refractivity contribution in [1.29, 1.82) is 0 Å². The Hall–Kier alpha value is -3.47. The zero-order valence-electron chi connectivity index (χ0n) is 16.2. The van der Waals surface area contributed by atoms with Crippen molar-refractivity contribution in [3.8, 4) is 0 Å². The molecular formula is C23H23N3O2. The Morgan fingerprint density at radius 3 is 2.32 bits per heavy atom. The summed E-state index contributed by atoms with van der Waals surface area (Å²) in [6.07, 6.45) is 1.59. The third-order valence-electron chi connectivity index (χ3n) is 4.39. The number of ketones is 1. The summed E-state index contributed by atoms with van der Waals surface area (Å²) in [5.74, 6) is 0.0928. The average Bonchev–Trinajstić information content (AvgIpc) is 2.69. The van der Waals surface area contributed by atoms with Crippen LogP contribution in [0.2, 0.25) is 0 Å². The zero-order valence-corrected chi connectivity index (χ0v) is 16.2. The molecule has 1 amide bonds. The van der Waals surface area contributed by atoms with Gasteiger partial charge in [-0.3, -0.25) is 14.6 Å². The van der Waals surface area contributed by atoms with E-state index in [2.05, 4.69) is 41.6 Å². The number of Topliss-reactive ketones (excluding diaryl/α,β-unsaturated/α-hetero) is 1. The molecule has 0 radical (unpaired) electrons. The molecule has 0 bridgehead atoms. The van der Waals surface area contributed by atoms with Crippen molar-refractivity contribution in [2.45, 2.75) is 26.7 Å². The van der Waals surface area contributed by atoms with Crippen molar-refractivity contribution in [2.75, 3.05) is 10.6 Å². The molecule has 2 N–H and O–H groups in total. The summed E-state index contributed by atoms with van der Waals surface area (Å²) in [5.41, 5.74) is 4.38. The van der Waals surface area contributed by atoms with Crippen LogP contribution in [0, 0.1) is 0 Å². The highest BCUT2D eigenvalue weighted by molar-refractivity contribution is 6.04. The largest absolute Gasteiger partial charge is 0.355 e. The molecule has 0 unspecified atom stereocenters. The second kappa shape index (κ2) is 8.48. The van der Waals surface area contributed by atoms with Crippen molar-refractivity contribution in [3.63, 3.8) is 0 Å². The van der Waals surface area contributed by atoms with Gasteiger partial charge in [-0.15, -0.1) is 0 Å². The van der Waals surface area contributed by atoms with Crippen LogP contribution in [-0.4, -0.2) is 16.7 Å². The third kappa shape index (κ3) is 4.82. The molecule has 3 aromatic rings. The summed E-state index contributed by atoms with van der Waals surface area (Å²) < 4.78 is 0. The predicted molar refractivity (Wildman–Crippen MR) is 112 cm³/mol. The maximum atomic E-state index is 12.5. The van der Waals surface area contributed by atoms with Gasteiger partial charge < -0.3 is 10.6 Å². The van der Waals surface area contributed by atoms with Crippen molar-refractivity contribution in [3.05, 3.63) is 83.7 Å². The van der Waals surface area contributed by atoms with E-state index in [4.69, 9.17) is 0 Å². The Labute approximate surface area is 164 Å². The first kappa shape index (κ1) is 19.3. The van der Waals surface area contributed by atoms with E-state index in [-0.39, 0.29) is 17.4 Å². The number of benzene rings is 2. The number of hydrogen-bond donors (Lipinski definition) is 2. The number of carbonyl (C=O) groups is 2. The molecule has 0 aliphatic rings. The molecule has 0 fully saturated rings. The summed E-state index contributed by atoms with van der Waals surface area (Å²) in [4.78, 5) is 28.2. The molecule has 1 heterocycles. The first-order valence-electron chi connectivity index (χ1n) is 9.18. The predicted octanol–water partition coefficient (Wildman–Crippen LogP) is 5.40. The van der Waals surface area contributed by atoms with Gasteiger partial charge in [0.15, 0.2) is 5.78 Å². The van der Waals surface area contributed by atoms with E-state index in [1.165, 1.54) is 12.5 Å². The smallest absolute Gasteiger partial charge is 0.274 e. The van der Waals surface area contributed by atoms with E-state index in [1.54, 1.807) is 36.5 Å². The van der Waals surface area contributed by atoms with Crippen LogP contribution in [0.15, 0.2) is 66.9 Å². The summed E-state index contributed by atoms with van der Waals surface area (Å²) in [6.45, 7) is 5.80. The molecule has 5 nitrogen and oxygen atoms in total. The van der Waals surface area contributed by atoms with Gasteiger partial charge in [-0.25, -0.2) is 0 Å². The number of aromatic nitrogens is 1.